The Bertz CT molecular complexity index is 624. The van der Waals surface area contributed by atoms with Crippen molar-refractivity contribution in [2.45, 2.75) is 26.3 Å². The standard InChI is InChI=1S/C17H21N3O2/c1-13(8-10-22-15-5-3-2-4-6-15)17(21)20-9-7-16-14(12-20)11-18-19-16/h2-6,11,13H,7-10,12H2,1H3,(H,18,19). The van der Waals surface area contributed by atoms with Crippen LogP contribution in [0.2, 0.25) is 0 Å². The summed E-state index contributed by atoms with van der Waals surface area (Å²) in [6.45, 7) is 3.95. The van der Waals surface area contributed by atoms with E-state index in [-0.39, 0.29) is 11.8 Å². The maximum absolute atomic E-state index is 12.5. The van der Waals surface area contributed by atoms with E-state index in [1.807, 2.05) is 48.4 Å². The lowest BCUT2D eigenvalue weighted by Crippen LogP contribution is -2.39. The maximum Gasteiger partial charge on any atom is 0.225 e. The number of benzene rings is 1. The van der Waals surface area contributed by atoms with Crippen LogP contribution in [0.4, 0.5) is 0 Å². The number of carbonyl (C=O) groups is 1. The Balaban J connectivity index is 1.48. The Morgan fingerprint density at radius 2 is 2.23 bits per heavy atom. The zero-order valence-electron chi connectivity index (χ0n) is 12.8. The molecular formula is C17H21N3O2. The molecule has 0 saturated heterocycles. The molecule has 0 spiro atoms. The first-order valence-electron chi connectivity index (χ1n) is 7.72. The van der Waals surface area contributed by atoms with Crippen LogP contribution in [0.1, 0.15) is 24.6 Å². The fourth-order valence-electron chi connectivity index (χ4n) is 2.72. The Labute approximate surface area is 130 Å². The number of amides is 1. The molecule has 1 aromatic carbocycles. The minimum absolute atomic E-state index is 0.0304. The Hall–Kier alpha value is -2.30. The number of carbonyl (C=O) groups excluding carboxylic acids is 1. The first kappa shape index (κ1) is 14.6. The van der Waals surface area contributed by atoms with Crippen molar-refractivity contribution in [1.82, 2.24) is 15.1 Å². The maximum atomic E-state index is 12.5. The second-order valence-corrected chi connectivity index (χ2v) is 5.73. The van der Waals surface area contributed by atoms with E-state index in [2.05, 4.69) is 10.2 Å². The van der Waals surface area contributed by atoms with Crippen molar-refractivity contribution >= 4 is 5.91 Å². The van der Waals surface area contributed by atoms with E-state index < -0.39 is 0 Å². The zero-order valence-corrected chi connectivity index (χ0v) is 12.8. The number of nitrogens with one attached hydrogen (secondary N) is 1. The Morgan fingerprint density at radius 3 is 3.05 bits per heavy atom. The highest BCUT2D eigenvalue weighted by Gasteiger charge is 2.25. The quantitative estimate of drug-likeness (QED) is 0.922. The second-order valence-electron chi connectivity index (χ2n) is 5.73. The summed E-state index contributed by atoms with van der Waals surface area (Å²) >= 11 is 0. The van der Waals surface area contributed by atoms with Crippen LogP contribution < -0.4 is 4.74 Å². The fraction of sp³-hybridized carbons (Fsp3) is 0.412. The van der Waals surface area contributed by atoms with Gasteiger partial charge in [-0.1, -0.05) is 25.1 Å². The topological polar surface area (TPSA) is 58.2 Å². The van der Waals surface area contributed by atoms with E-state index >= 15 is 0 Å². The largest absolute Gasteiger partial charge is 0.494 e. The van der Waals surface area contributed by atoms with Gasteiger partial charge in [0.25, 0.3) is 0 Å². The summed E-state index contributed by atoms with van der Waals surface area (Å²) in [6.07, 6.45) is 3.40. The first-order chi connectivity index (χ1) is 10.7. The minimum atomic E-state index is -0.0304. The molecule has 116 valence electrons. The van der Waals surface area contributed by atoms with E-state index in [4.69, 9.17) is 4.74 Å². The van der Waals surface area contributed by atoms with Gasteiger partial charge in [-0.25, -0.2) is 0 Å². The molecule has 0 saturated carbocycles. The third-order valence-corrected chi connectivity index (χ3v) is 4.10. The summed E-state index contributed by atoms with van der Waals surface area (Å²) in [5.74, 6) is 1.02. The molecule has 2 heterocycles. The van der Waals surface area contributed by atoms with Crippen molar-refractivity contribution in [3.8, 4) is 5.75 Å². The summed E-state index contributed by atoms with van der Waals surface area (Å²) in [4.78, 5) is 14.4. The fourth-order valence-corrected chi connectivity index (χ4v) is 2.72. The van der Waals surface area contributed by atoms with Crippen LogP contribution in [0.25, 0.3) is 0 Å². The molecule has 1 aliphatic rings. The van der Waals surface area contributed by atoms with Crippen LogP contribution >= 0.6 is 0 Å². The van der Waals surface area contributed by atoms with E-state index in [9.17, 15) is 4.79 Å². The number of ether oxygens (including phenoxy) is 1. The van der Waals surface area contributed by atoms with Gasteiger partial charge < -0.3 is 9.64 Å². The predicted octanol–water partition coefficient (Wildman–Crippen LogP) is 2.40. The third kappa shape index (κ3) is 3.30. The van der Waals surface area contributed by atoms with Gasteiger partial charge in [-0.15, -0.1) is 0 Å². The predicted molar refractivity (Wildman–Crippen MR) is 83.4 cm³/mol. The normalized spacial score (nSPS) is 15.2. The van der Waals surface area contributed by atoms with Crippen LogP contribution in [0.15, 0.2) is 36.5 Å². The number of fused-ring (bicyclic) bond motifs is 1. The number of para-hydroxylation sites is 1. The third-order valence-electron chi connectivity index (χ3n) is 4.10. The highest BCUT2D eigenvalue weighted by Crippen LogP contribution is 2.19. The number of aromatic nitrogens is 2. The van der Waals surface area contributed by atoms with Gasteiger partial charge >= 0.3 is 0 Å². The van der Waals surface area contributed by atoms with E-state index in [1.165, 1.54) is 0 Å². The lowest BCUT2D eigenvalue weighted by atomic mass is 10.0. The van der Waals surface area contributed by atoms with Gasteiger partial charge in [0.1, 0.15) is 5.75 Å². The molecule has 1 unspecified atom stereocenters. The summed E-state index contributed by atoms with van der Waals surface area (Å²) in [5, 5.41) is 7.03. The molecule has 0 bridgehead atoms. The summed E-state index contributed by atoms with van der Waals surface area (Å²) in [5.41, 5.74) is 2.29. The molecule has 2 aromatic rings. The molecular weight excluding hydrogens is 278 g/mol. The molecule has 0 radical (unpaired) electrons. The van der Waals surface area contributed by atoms with Crippen LogP contribution in [-0.4, -0.2) is 34.2 Å². The second kappa shape index (κ2) is 6.64. The highest BCUT2D eigenvalue weighted by molar-refractivity contribution is 5.78. The van der Waals surface area contributed by atoms with Crippen LogP contribution in [0, 0.1) is 5.92 Å². The number of rotatable bonds is 5. The number of aromatic amines is 1. The Morgan fingerprint density at radius 1 is 1.41 bits per heavy atom. The average molecular weight is 299 g/mol. The van der Waals surface area contributed by atoms with Gasteiger partial charge in [-0.05, 0) is 18.6 Å². The molecule has 5 heteroatoms. The van der Waals surface area contributed by atoms with Crippen molar-refractivity contribution in [2.75, 3.05) is 13.2 Å². The van der Waals surface area contributed by atoms with E-state index in [0.717, 1.165) is 36.4 Å². The van der Waals surface area contributed by atoms with Gasteiger partial charge in [0.05, 0.1) is 12.8 Å². The lowest BCUT2D eigenvalue weighted by molar-refractivity contribution is -0.136. The SMILES string of the molecule is CC(CCOc1ccccc1)C(=O)N1CCc2[nH]ncc2C1. The summed E-state index contributed by atoms with van der Waals surface area (Å²) < 4.78 is 5.67. The van der Waals surface area contributed by atoms with Crippen LogP contribution in [0.5, 0.6) is 5.75 Å². The molecule has 1 N–H and O–H groups in total. The minimum Gasteiger partial charge on any atom is -0.494 e. The number of hydrogen-bond donors (Lipinski definition) is 1. The van der Waals surface area contributed by atoms with Crippen molar-refractivity contribution in [3.63, 3.8) is 0 Å². The van der Waals surface area contributed by atoms with Crippen molar-refractivity contribution in [3.05, 3.63) is 47.8 Å². The van der Waals surface area contributed by atoms with Gasteiger partial charge in [-0.3, -0.25) is 9.89 Å². The van der Waals surface area contributed by atoms with Gasteiger partial charge in [0.15, 0.2) is 0 Å². The molecule has 1 amide bonds. The number of H-pyrrole nitrogens is 1. The van der Waals surface area contributed by atoms with Crippen molar-refractivity contribution in [2.24, 2.45) is 5.92 Å². The van der Waals surface area contributed by atoms with Crippen LogP contribution in [-0.2, 0) is 17.8 Å². The smallest absolute Gasteiger partial charge is 0.225 e. The average Bonchev–Trinajstić information content (AvgIpc) is 3.02. The van der Waals surface area contributed by atoms with Gasteiger partial charge in [0.2, 0.25) is 5.91 Å². The highest BCUT2D eigenvalue weighted by atomic mass is 16.5. The first-order valence-corrected chi connectivity index (χ1v) is 7.72. The lowest BCUT2D eigenvalue weighted by Gasteiger charge is -2.29. The van der Waals surface area contributed by atoms with E-state index in [0.29, 0.717) is 13.2 Å². The summed E-state index contributed by atoms with van der Waals surface area (Å²) in [6, 6.07) is 9.70. The van der Waals surface area contributed by atoms with Crippen molar-refractivity contribution < 1.29 is 9.53 Å². The van der Waals surface area contributed by atoms with E-state index in [1.54, 1.807) is 0 Å². The molecule has 5 nitrogen and oxygen atoms in total. The van der Waals surface area contributed by atoms with Crippen molar-refractivity contribution in [1.29, 1.82) is 0 Å². The zero-order chi connectivity index (χ0) is 15.4. The van der Waals surface area contributed by atoms with Crippen LogP contribution in [0.3, 0.4) is 0 Å². The van der Waals surface area contributed by atoms with Gasteiger partial charge in [-0.2, -0.15) is 5.10 Å². The molecule has 1 atom stereocenters. The summed E-state index contributed by atoms with van der Waals surface area (Å²) in [7, 11) is 0. The molecule has 22 heavy (non-hydrogen) atoms. The monoisotopic (exact) mass is 299 g/mol. The molecule has 0 fully saturated rings. The number of hydrogen-bond acceptors (Lipinski definition) is 3. The molecule has 0 aliphatic carbocycles. The number of nitrogens with zero attached hydrogens (tertiary/aromatic N) is 2. The molecule has 3 rings (SSSR count). The van der Waals surface area contributed by atoms with Gasteiger partial charge in [0, 0.05) is 36.7 Å². The Kier molecular flexibility index (Phi) is 4.42. The molecule has 1 aromatic heterocycles. The molecule has 1 aliphatic heterocycles.